The summed E-state index contributed by atoms with van der Waals surface area (Å²) in [5.41, 5.74) is 1.81. The van der Waals surface area contributed by atoms with Crippen molar-refractivity contribution in [3.05, 3.63) is 40.2 Å². The van der Waals surface area contributed by atoms with E-state index in [0.29, 0.717) is 6.61 Å². The molecule has 0 aliphatic carbocycles. The van der Waals surface area contributed by atoms with Crippen LogP contribution in [0.3, 0.4) is 0 Å². The molecule has 1 aromatic carbocycles. The van der Waals surface area contributed by atoms with Gasteiger partial charge in [0.2, 0.25) is 0 Å². The van der Waals surface area contributed by atoms with E-state index in [-0.39, 0.29) is 5.43 Å². The van der Waals surface area contributed by atoms with Gasteiger partial charge in [0.1, 0.15) is 5.75 Å². The van der Waals surface area contributed by atoms with E-state index in [4.69, 9.17) is 9.47 Å². The maximum Gasteiger partial charge on any atom is 0.192 e. The zero-order valence-corrected chi connectivity index (χ0v) is 13.0. The van der Waals surface area contributed by atoms with Crippen LogP contribution in [0.2, 0.25) is 0 Å². The predicted molar refractivity (Wildman–Crippen MR) is 85.2 cm³/mol. The summed E-state index contributed by atoms with van der Waals surface area (Å²) in [6.45, 7) is 6.08. The topological polar surface area (TPSA) is 40.5 Å². The van der Waals surface area contributed by atoms with Crippen molar-refractivity contribution in [1.29, 1.82) is 0 Å². The number of pyridine rings is 1. The fourth-order valence-corrected chi connectivity index (χ4v) is 2.49. The number of hydrogen-bond acceptors (Lipinski definition) is 3. The second kappa shape index (κ2) is 7.27. The minimum atomic E-state index is 0.0983. The van der Waals surface area contributed by atoms with Crippen LogP contribution in [0.25, 0.3) is 10.9 Å². The number of benzene rings is 1. The summed E-state index contributed by atoms with van der Waals surface area (Å²) < 4.78 is 12.8. The molecule has 0 spiro atoms. The molecule has 0 atom stereocenters. The first-order valence-electron chi connectivity index (χ1n) is 7.43. The van der Waals surface area contributed by atoms with E-state index in [9.17, 15) is 4.79 Å². The lowest BCUT2D eigenvalue weighted by Gasteiger charge is -2.13. The standard InChI is InChI=1S/C17H23NO3/c1-4-21-14-7-8-15-16(11-14)18(9-5-6-10-20-3)12-13(2)17(15)19/h7-8,11-12H,4-6,9-10H2,1-3H3. The van der Waals surface area contributed by atoms with Gasteiger partial charge in [-0.3, -0.25) is 4.79 Å². The Bertz CT molecular complexity index is 661. The van der Waals surface area contributed by atoms with Crippen LogP contribution in [0, 0.1) is 6.92 Å². The molecule has 0 aliphatic rings. The Morgan fingerprint density at radius 3 is 2.76 bits per heavy atom. The Labute approximate surface area is 125 Å². The second-order valence-corrected chi connectivity index (χ2v) is 5.15. The zero-order chi connectivity index (χ0) is 15.2. The number of hydrogen-bond donors (Lipinski definition) is 0. The van der Waals surface area contributed by atoms with Gasteiger partial charge >= 0.3 is 0 Å². The number of methoxy groups -OCH3 is 1. The molecular weight excluding hydrogens is 266 g/mol. The Morgan fingerprint density at radius 2 is 2.05 bits per heavy atom. The smallest absolute Gasteiger partial charge is 0.192 e. The van der Waals surface area contributed by atoms with Crippen LogP contribution in [0.1, 0.15) is 25.3 Å². The Balaban J connectivity index is 2.39. The maximum atomic E-state index is 12.3. The Morgan fingerprint density at radius 1 is 1.24 bits per heavy atom. The van der Waals surface area contributed by atoms with Crippen molar-refractivity contribution in [2.24, 2.45) is 0 Å². The number of unbranched alkanes of at least 4 members (excludes halogenated alkanes) is 1. The first kappa shape index (κ1) is 15.6. The number of ether oxygens (including phenoxy) is 2. The maximum absolute atomic E-state index is 12.3. The summed E-state index contributed by atoms with van der Waals surface area (Å²) >= 11 is 0. The van der Waals surface area contributed by atoms with Crippen LogP contribution < -0.4 is 10.2 Å². The summed E-state index contributed by atoms with van der Waals surface area (Å²) in [6.07, 6.45) is 3.96. The molecule has 0 N–H and O–H groups in total. The molecule has 4 nitrogen and oxygen atoms in total. The van der Waals surface area contributed by atoms with E-state index in [1.807, 2.05) is 38.2 Å². The Kier molecular flexibility index (Phi) is 5.39. The fourth-order valence-electron chi connectivity index (χ4n) is 2.49. The highest BCUT2D eigenvalue weighted by atomic mass is 16.5. The van der Waals surface area contributed by atoms with Crippen molar-refractivity contribution >= 4 is 10.9 Å². The van der Waals surface area contributed by atoms with E-state index in [0.717, 1.165) is 48.2 Å². The molecule has 2 rings (SSSR count). The predicted octanol–water partition coefficient (Wildman–Crippen LogP) is 3.14. The lowest BCUT2D eigenvalue weighted by Crippen LogP contribution is -2.13. The monoisotopic (exact) mass is 289 g/mol. The van der Waals surface area contributed by atoms with Gasteiger partial charge in [-0.1, -0.05) is 0 Å². The summed E-state index contributed by atoms with van der Waals surface area (Å²) in [7, 11) is 1.72. The average Bonchev–Trinajstić information content (AvgIpc) is 2.49. The van der Waals surface area contributed by atoms with E-state index >= 15 is 0 Å². The zero-order valence-electron chi connectivity index (χ0n) is 13.0. The SMILES string of the molecule is CCOc1ccc2c(=O)c(C)cn(CCCCOC)c2c1. The molecule has 0 fully saturated rings. The molecule has 0 unspecified atom stereocenters. The first-order chi connectivity index (χ1) is 10.2. The third-order valence-corrected chi connectivity index (χ3v) is 3.54. The van der Waals surface area contributed by atoms with Gasteiger partial charge in [-0.15, -0.1) is 0 Å². The van der Waals surface area contributed by atoms with E-state index < -0.39 is 0 Å². The van der Waals surface area contributed by atoms with E-state index in [2.05, 4.69) is 4.57 Å². The normalized spacial score (nSPS) is 11.0. The first-order valence-corrected chi connectivity index (χ1v) is 7.43. The Hall–Kier alpha value is -1.81. The highest BCUT2D eigenvalue weighted by Crippen LogP contribution is 2.20. The van der Waals surface area contributed by atoms with Crippen LogP contribution in [-0.4, -0.2) is 24.9 Å². The molecular formula is C17H23NO3. The fraction of sp³-hybridized carbons (Fsp3) is 0.471. The lowest BCUT2D eigenvalue weighted by atomic mass is 10.1. The van der Waals surface area contributed by atoms with E-state index in [1.165, 1.54) is 0 Å². The van der Waals surface area contributed by atoms with Gasteiger partial charge in [0.15, 0.2) is 5.43 Å². The summed E-state index contributed by atoms with van der Waals surface area (Å²) in [5.74, 6) is 0.805. The van der Waals surface area contributed by atoms with Gasteiger partial charge in [-0.2, -0.15) is 0 Å². The van der Waals surface area contributed by atoms with Crippen molar-refractivity contribution in [3.63, 3.8) is 0 Å². The van der Waals surface area contributed by atoms with Crippen LogP contribution in [0.15, 0.2) is 29.2 Å². The van der Waals surface area contributed by atoms with Gasteiger partial charge in [-0.05, 0) is 38.8 Å². The molecule has 4 heteroatoms. The van der Waals surface area contributed by atoms with Gasteiger partial charge in [-0.25, -0.2) is 0 Å². The van der Waals surface area contributed by atoms with Gasteiger partial charge in [0.25, 0.3) is 0 Å². The quantitative estimate of drug-likeness (QED) is 0.735. The number of aromatic nitrogens is 1. The van der Waals surface area contributed by atoms with Crippen LogP contribution in [-0.2, 0) is 11.3 Å². The molecule has 0 amide bonds. The molecule has 0 saturated carbocycles. The van der Waals surface area contributed by atoms with Crippen molar-refractivity contribution in [2.75, 3.05) is 20.3 Å². The molecule has 114 valence electrons. The molecule has 0 aliphatic heterocycles. The third kappa shape index (κ3) is 3.64. The van der Waals surface area contributed by atoms with Crippen molar-refractivity contribution < 1.29 is 9.47 Å². The summed E-state index contributed by atoms with van der Waals surface area (Å²) in [6, 6.07) is 5.68. The van der Waals surface area contributed by atoms with Crippen LogP contribution >= 0.6 is 0 Å². The van der Waals surface area contributed by atoms with Gasteiger partial charge in [0.05, 0.1) is 12.1 Å². The second-order valence-electron chi connectivity index (χ2n) is 5.15. The van der Waals surface area contributed by atoms with Crippen molar-refractivity contribution in [2.45, 2.75) is 33.2 Å². The van der Waals surface area contributed by atoms with E-state index in [1.54, 1.807) is 7.11 Å². The van der Waals surface area contributed by atoms with Crippen molar-refractivity contribution in [3.8, 4) is 5.75 Å². The molecule has 0 saturated heterocycles. The van der Waals surface area contributed by atoms with Crippen molar-refractivity contribution in [1.82, 2.24) is 4.57 Å². The number of nitrogens with zero attached hydrogens (tertiary/aromatic N) is 1. The molecule has 21 heavy (non-hydrogen) atoms. The number of fused-ring (bicyclic) bond motifs is 1. The van der Waals surface area contributed by atoms with Crippen LogP contribution in [0.5, 0.6) is 5.75 Å². The molecule has 0 bridgehead atoms. The molecule has 1 heterocycles. The molecule has 2 aromatic rings. The number of aryl methyl sites for hydroxylation is 2. The average molecular weight is 289 g/mol. The largest absolute Gasteiger partial charge is 0.494 e. The lowest BCUT2D eigenvalue weighted by molar-refractivity contribution is 0.191. The molecule has 0 radical (unpaired) electrons. The summed E-state index contributed by atoms with van der Waals surface area (Å²) in [5, 5.41) is 0.755. The van der Waals surface area contributed by atoms with Gasteiger partial charge in [0, 0.05) is 43.5 Å². The summed E-state index contributed by atoms with van der Waals surface area (Å²) in [4.78, 5) is 12.3. The third-order valence-electron chi connectivity index (χ3n) is 3.54. The number of rotatable bonds is 7. The highest BCUT2D eigenvalue weighted by molar-refractivity contribution is 5.81. The van der Waals surface area contributed by atoms with Gasteiger partial charge < -0.3 is 14.0 Å². The minimum Gasteiger partial charge on any atom is -0.494 e. The minimum absolute atomic E-state index is 0.0983. The van der Waals surface area contributed by atoms with Crippen LogP contribution in [0.4, 0.5) is 0 Å². The highest BCUT2D eigenvalue weighted by Gasteiger charge is 2.07. The molecule has 1 aromatic heterocycles.